The highest BCUT2D eigenvalue weighted by molar-refractivity contribution is 6.02. The topological polar surface area (TPSA) is 230 Å². The van der Waals surface area contributed by atoms with Gasteiger partial charge in [0.05, 0.1) is 12.1 Å². The maximum Gasteiger partial charge on any atom is 0.226 e. The van der Waals surface area contributed by atoms with Crippen molar-refractivity contribution in [2.24, 2.45) is 29.0 Å². The zero-order chi connectivity index (χ0) is 49.0. The van der Waals surface area contributed by atoms with E-state index in [0.29, 0.717) is 61.9 Å². The third-order valence-corrected chi connectivity index (χ3v) is 12.1. The van der Waals surface area contributed by atoms with Crippen LogP contribution in [0.25, 0.3) is 11.1 Å². The van der Waals surface area contributed by atoms with Crippen LogP contribution in [0, 0.1) is 37.0 Å². The number of rotatable bonds is 18. The summed E-state index contributed by atoms with van der Waals surface area (Å²) in [6, 6.07) is 21.8. The number of carbonyl (C=O) groups is 5. The van der Waals surface area contributed by atoms with Gasteiger partial charge in [-0.1, -0.05) is 52.0 Å². The number of carbonyl (C=O) groups excluding carboxylic acids is 5. The van der Waals surface area contributed by atoms with Crippen molar-refractivity contribution in [3.8, 4) is 40.2 Å². The number of likely N-dealkylation sites (N-methyl/N-ethyl adjacent to an activating group) is 1. The molecular weight excluding hydrogens is 849 g/mol. The molecule has 5 rings (SSSR count). The summed E-state index contributed by atoms with van der Waals surface area (Å²) >= 11 is 0. The lowest BCUT2D eigenvalue weighted by Crippen LogP contribution is -2.46. The van der Waals surface area contributed by atoms with E-state index < -0.39 is 41.5 Å². The highest BCUT2D eigenvalue weighted by Gasteiger charge is 2.36. The van der Waals surface area contributed by atoms with Crippen molar-refractivity contribution in [1.29, 1.82) is 5.26 Å². The Hall–Kier alpha value is -6.40. The Labute approximate surface area is 394 Å². The number of nitrogens with one attached hydrogen (secondary N) is 1. The second kappa shape index (κ2) is 23.4. The average Bonchev–Trinajstić information content (AvgIpc) is 3.28. The fourth-order valence-electron chi connectivity index (χ4n) is 8.55. The Morgan fingerprint density at radius 1 is 0.836 bits per heavy atom. The molecule has 0 fully saturated rings. The number of hydrogen-bond acceptors (Lipinski definition) is 12. The second-order valence-electron chi connectivity index (χ2n) is 18.4. The SMILES string of the molecule is Cc1cc(Oc2ccc(C(C)(C)C)cc2)cc(C)c1C(=O)C[C@@H](CCN)C(=O)N(C)[C@@H]1C(=O)C[C@@H](C)C(=O)N[C@H](C(=O)CCC#N)Cc2ccc(OCCN)c(c2)-c2cc1ccc2OCCN. The van der Waals surface area contributed by atoms with Gasteiger partial charge in [-0.15, -0.1) is 0 Å². The van der Waals surface area contributed by atoms with Gasteiger partial charge in [-0.25, -0.2) is 0 Å². The number of ketones is 3. The summed E-state index contributed by atoms with van der Waals surface area (Å²) in [5.41, 5.74) is 23.0. The van der Waals surface area contributed by atoms with Crippen molar-refractivity contribution < 1.29 is 38.2 Å². The van der Waals surface area contributed by atoms with E-state index in [1.54, 1.807) is 49.4 Å². The molecule has 0 saturated carbocycles. The van der Waals surface area contributed by atoms with Crippen molar-refractivity contribution in [2.45, 2.75) is 97.6 Å². The number of hydrogen-bond donors (Lipinski definition) is 4. The van der Waals surface area contributed by atoms with E-state index in [-0.39, 0.29) is 88.4 Å². The van der Waals surface area contributed by atoms with Crippen LogP contribution in [0.15, 0.2) is 72.8 Å². The lowest BCUT2D eigenvalue weighted by atomic mass is 9.87. The third kappa shape index (κ3) is 13.2. The lowest BCUT2D eigenvalue weighted by Gasteiger charge is -2.32. The van der Waals surface area contributed by atoms with Crippen LogP contribution in [0.1, 0.15) is 104 Å². The molecule has 0 spiro atoms. The molecule has 2 amide bonds. The van der Waals surface area contributed by atoms with E-state index in [4.69, 9.17) is 31.4 Å². The number of benzene rings is 4. The maximum atomic E-state index is 14.8. The van der Waals surface area contributed by atoms with Crippen LogP contribution in [0.5, 0.6) is 23.0 Å². The van der Waals surface area contributed by atoms with E-state index in [9.17, 15) is 29.2 Å². The van der Waals surface area contributed by atoms with Crippen LogP contribution < -0.4 is 36.7 Å². The average molecular weight is 915 g/mol. The van der Waals surface area contributed by atoms with Crippen molar-refractivity contribution in [1.82, 2.24) is 10.2 Å². The minimum atomic E-state index is -1.23. The van der Waals surface area contributed by atoms with Crippen LogP contribution >= 0.6 is 0 Å². The van der Waals surface area contributed by atoms with Gasteiger partial charge in [0, 0.05) is 74.3 Å². The zero-order valence-corrected chi connectivity index (χ0v) is 39.9. The smallest absolute Gasteiger partial charge is 0.226 e. The van der Waals surface area contributed by atoms with Crippen LogP contribution in [-0.4, -0.2) is 80.0 Å². The first-order chi connectivity index (χ1) is 31.9. The van der Waals surface area contributed by atoms with Gasteiger partial charge < -0.3 is 41.6 Å². The molecule has 1 aliphatic rings. The van der Waals surface area contributed by atoms with Gasteiger partial charge in [0.1, 0.15) is 42.3 Å². The number of nitrogens with zero attached hydrogens (tertiary/aromatic N) is 2. The molecule has 67 heavy (non-hydrogen) atoms. The normalized spacial score (nSPS) is 16.8. The summed E-state index contributed by atoms with van der Waals surface area (Å²) in [4.78, 5) is 72.5. The van der Waals surface area contributed by atoms with Crippen molar-refractivity contribution in [3.63, 3.8) is 0 Å². The number of fused-ring (bicyclic) bond motifs is 5. The van der Waals surface area contributed by atoms with E-state index in [0.717, 1.165) is 0 Å². The van der Waals surface area contributed by atoms with Crippen molar-refractivity contribution >= 4 is 29.2 Å². The van der Waals surface area contributed by atoms with E-state index in [1.165, 1.54) is 17.5 Å². The summed E-state index contributed by atoms with van der Waals surface area (Å²) in [7, 11) is 1.52. The third-order valence-electron chi connectivity index (χ3n) is 12.1. The summed E-state index contributed by atoms with van der Waals surface area (Å²) in [5, 5.41) is 12.1. The monoisotopic (exact) mass is 914 g/mol. The first kappa shape index (κ1) is 51.6. The minimum Gasteiger partial charge on any atom is -0.492 e. The van der Waals surface area contributed by atoms with Gasteiger partial charge in [-0.3, -0.25) is 24.0 Å². The lowest BCUT2D eigenvalue weighted by molar-refractivity contribution is -0.142. The number of aryl methyl sites for hydroxylation is 2. The van der Waals surface area contributed by atoms with Gasteiger partial charge in [-0.2, -0.15) is 5.26 Å². The molecule has 4 aromatic carbocycles. The van der Waals surface area contributed by atoms with Gasteiger partial charge >= 0.3 is 0 Å². The molecular formula is C53H66N6O8. The Morgan fingerprint density at radius 3 is 2.03 bits per heavy atom. The summed E-state index contributed by atoms with van der Waals surface area (Å²) in [5.74, 6) is -1.77. The molecule has 1 heterocycles. The first-order valence-corrected chi connectivity index (χ1v) is 23.0. The molecule has 4 aromatic rings. The molecule has 0 aromatic heterocycles. The Morgan fingerprint density at radius 2 is 1.45 bits per heavy atom. The number of amides is 2. The maximum absolute atomic E-state index is 14.8. The van der Waals surface area contributed by atoms with E-state index in [2.05, 4.69) is 26.1 Å². The van der Waals surface area contributed by atoms with Crippen LogP contribution in [0.4, 0.5) is 0 Å². The van der Waals surface area contributed by atoms with Crippen molar-refractivity contribution in [2.75, 3.05) is 39.9 Å². The zero-order valence-electron chi connectivity index (χ0n) is 39.9. The van der Waals surface area contributed by atoms with Crippen molar-refractivity contribution in [3.05, 3.63) is 106 Å². The highest BCUT2D eigenvalue weighted by Crippen LogP contribution is 2.41. The van der Waals surface area contributed by atoms with E-state index in [1.807, 2.05) is 50.2 Å². The van der Waals surface area contributed by atoms with Crippen LogP contribution in [0.2, 0.25) is 0 Å². The molecule has 0 unspecified atom stereocenters. The van der Waals surface area contributed by atoms with Gasteiger partial charge in [-0.05, 0) is 115 Å². The van der Waals surface area contributed by atoms with Crippen LogP contribution in [0.3, 0.4) is 0 Å². The highest BCUT2D eigenvalue weighted by atomic mass is 16.5. The predicted octanol–water partition coefficient (Wildman–Crippen LogP) is 6.98. The number of nitriles is 1. The van der Waals surface area contributed by atoms with Crippen LogP contribution in [-0.2, 0) is 31.0 Å². The Bertz CT molecular complexity index is 2450. The Kier molecular flexibility index (Phi) is 18.0. The fraction of sp³-hybridized carbons (Fsp3) is 0.434. The summed E-state index contributed by atoms with van der Waals surface area (Å²) < 4.78 is 18.5. The molecule has 14 nitrogen and oxygen atoms in total. The van der Waals surface area contributed by atoms with Gasteiger partial charge in [0.15, 0.2) is 17.3 Å². The number of Topliss-reactive ketones (excluding diaryl/α,β-unsaturated/α-hetero) is 3. The standard InChI is InChI=1S/C53H66N6O8/c1-32-25-40(67-39-14-12-38(13-15-39)53(4,5)6)26-33(2)49(32)45(61)31-37(18-20-55)52(64)59(7)50-36-11-17-48(66-24-22-57)42(30-36)41-28-35(10-16-47(41)65-23-21-56)29-43(44(60)9-8-19-54)58-51(63)34(3)27-46(50)62/h10-17,25-26,28,30,34,37,43,50H,8-9,18,20-24,27,29,31,55-57H2,1-7H3,(H,58,63)/t34-,37-,43+,50+/m1/s1. The molecule has 0 radical (unpaired) electrons. The largest absolute Gasteiger partial charge is 0.492 e. The second-order valence-corrected chi connectivity index (χ2v) is 18.4. The summed E-state index contributed by atoms with van der Waals surface area (Å²) in [6.45, 7) is 12.6. The van der Waals surface area contributed by atoms with E-state index >= 15 is 0 Å². The molecule has 356 valence electrons. The molecule has 14 heteroatoms. The first-order valence-electron chi connectivity index (χ1n) is 23.0. The molecule has 0 saturated heterocycles. The molecule has 0 aliphatic carbocycles. The van der Waals surface area contributed by atoms with Gasteiger partial charge in [0.2, 0.25) is 11.8 Å². The number of ether oxygens (including phenoxy) is 3. The fourth-order valence-corrected chi connectivity index (χ4v) is 8.55. The molecule has 4 atom stereocenters. The number of nitrogens with two attached hydrogens (primary N) is 3. The summed E-state index contributed by atoms with van der Waals surface area (Å²) in [6.07, 6.45) is -0.319. The quantitative estimate of drug-likeness (QED) is 0.0741. The molecule has 7 N–H and O–H groups in total. The molecule has 1 aliphatic heterocycles. The molecule has 4 bridgehead atoms. The van der Waals surface area contributed by atoms with Gasteiger partial charge in [0.25, 0.3) is 0 Å². The Balaban J connectivity index is 1.54. The minimum absolute atomic E-state index is 0.00892. The predicted molar refractivity (Wildman–Crippen MR) is 258 cm³/mol.